The number of hydrogen-bond acceptors (Lipinski definition) is 2. The highest BCUT2D eigenvalue weighted by Gasteiger charge is 2.25. The van der Waals surface area contributed by atoms with Crippen molar-refractivity contribution < 1.29 is 9.47 Å². The summed E-state index contributed by atoms with van der Waals surface area (Å²) in [5.74, 6) is 0.908. The Morgan fingerprint density at radius 2 is 1.86 bits per heavy atom. The first kappa shape index (κ1) is 7.83. The molecule has 2 aromatic rings. The molecule has 1 aliphatic rings. The second kappa shape index (κ2) is 3.00. The SMILES string of the molecule is c1ccc2c(O[C@@H]3CO3)cccc2c1. The molecule has 0 spiro atoms. The van der Waals surface area contributed by atoms with Gasteiger partial charge in [-0.1, -0.05) is 36.4 Å². The topological polar surface area (TPSA) is 21.8 Å². The molecule has 0 aromatic heterocycles. The first-order valence-electron chi connectivity index (χ1n) is 4.69. The van der Waals surface area contributed by atoms with Crippen molar-refractivity contribution in [3.05, 3.63) is 42.5 Å². The summed E-state index contributed by atoms with van der Waals surface area (Å²) in [5, 5.41) is 2.34. The molecule has 2 aromatic carbocycles. The Hall–Kier alpha value is -1.54. The van der Waals surface area contributed by atoms with E-state index in [1.165, 1.54) is 5.39 Å². The summed E-state index contributed by atoms with van der Waals surface area (Å²) in [7, 11) is 0. The molecule has 0 saturated carbocycles. The Balaban J connectivity index is 2.11. The molecular formula is C12H10O2. The fraction of sp³-hybridized carbons (Fsp3) is 0.167. The Bertz CT molecular complexity index is 455. The van der Waals surface area contributed by atoms with Crippen LogP contribution in [0.4, 0.5) is 0 Å². The van der Waals surface area contributed by atoms with Gasteiger partial charge >= 0.3 is 0 Å². The number of ether oxygens (including phenoxy) is 2. The molecule has 0 bridgehead atoms. The molecule has 1 saturated heterocycles. The molecule has 0 unspecified atom stereocenters. The standard InChI is InChI=1S/C12H10O2/c1-2-6-10-9(4-1)5-3-7-11(10)14-12-8-13-12/h1-7,12H,8H2/t12-/m1/s1. The van der Waals surface area contributed by atoms with Crippen molar-refractivity contribution >= 4 is 10.8 Å². The highest BCUT2D eigenvalue weighted by Crippen LogP contribution is 2.28. The van der Waals surface area contributed by atoms with Gasteiger partial charge in [-0.05, 0) is 11.5 Å². The second-order valence-electron chi connectivity index (χ2n) is 3.36. The average molecular weight is 186 g/mol. The molecule has 1 atom stereocenters. The third kappa shape index (κ3) is 1.34. The monoisotopic (exact) mass is 186 g/mol. The Morgan fingerprint density at radius 3 is 2.71 bits per heavy atom. The van der Waals surface area contributed by atoms with Crippen LogP contribution in [0.25, 0.3) is 10.8 Å². The quantitative estimate of drug-likeness (QED) is 0.672. The zero-order chi connectivity index (χ0) is 9.38. The highest BCUT2D eigenvalue weighted by molar-refractivity contribution is 5.88. The maximum atomic E-state index is 5.62. The summed E-state index contributed by atoms with van der Waals surface area (Å²) in [6, 6.07) is 14.2. The fourth-order valence-corrected chi connectivity index (χ4v) is 1.55. The van der Waals surface area contributed by atoms with E-state index in [9.17, 15) is 0 Å². The van der Waals surface area contributed by atoms with Crippen LogP contribution in [0.2, 0.25) is 0 Å². The molecule has 0 aliphatic carbocycles. The molecule has 1 heterocycles. The molecular weight excluding hydrogens is 176 g/mol. The molecule has 70 valence electrons. The van der Waals surface area contributed by atoms with Gasteiger partial charge in [0, 0.05) is 5.39 Å². The minimum absolute atomic E-state index is 0.0270. The lowest BCUT2D eigenvalue weighted by molar-refractivity contribution is 0.181. The van der Waals surface area contributed by atoms with E-state index in [2.05, 4.69) is 18.2 Å². The predicted octanol–water partition coefficient (Wildman–Crippen LogP) is 2.57. The molecule has 2 nitrogen and oxygen atoms in total. The zero-order valence-electron chi connectivity index (χ0n) is 7.64. The van der Waals surface area contributed by atoms with E-state index in [1.807, 2.05) is 24.3 Å². The molecule has 3 rings (SSSR count). The summed E-state index contributed by atoms with van der Waals surface area (Å²) in [6.07, 6.45) is -0.0270. The van der Waals surface area contributed by atoms with Crippen molar-refractivity contribution in [3.63, 3.8) is 0 Å². The lowest BCUT2D eigenvalue weighted by atomic mass is 10.1. The maximum absolute atomic E-state index is 5.62. The molecule has 1 fully saturated rings. The third-order valence-electron chi connectivity index (χ3n) is 2.31. The number of hydrogen-bond donors (Lipinski definition) is 0. The number of rotatable bonds is 2. The highest BCUT2D eigenvalue weighted by atomic mass is 16.8. The van der Waals surface area contributed by atoms with Crippen LogP contribution >= 0.6 is 0 Å². The number of epoxide rings is 1. The van der Waals surface area contributed by atoms with Gasteiger partial charge in [0.15, 0.2) is 0 Å². The van der Waals surface area contributed by atoms with Gasteiger partial charge in [-0.15, -0.1) is 0 Å². The van der Waals surface area contributed by atoms with Gasteiger partial charge in [0.1, 0.15) is 12.4 Å². The summed E-state index contributed by atoms with van der Waals surface area (Å²) < 4.78 is 10.7. The maximum Gasteiger partial charge on any atom is 0.223 e. The number of fused-ring (bicyclic) bond motifs is 1. The van der Waals surface area contributed by atoms with Crippen molar-refractivity contribution in [1.82, 2.24) is 0 Å². The van der Waals surface area contributed by atoms with Gasteiger partial charge in [0.2, 0.25) is 6.29 Å². The van der Waals surface area contributed by atoms with Crippen LogP contribution in [0.5, 0.6) is 5.75 Å². The van der Waals surface area contributed by atoms with E-state index in [4.69, 9.17) is 9.47 Å². The van der Waals surface area contributed by atoms with Crippen LogP contribution in [0.15, 0.2) is 42.5 Å². The summed E-state index contributed by atoms with van der Waals surface area (Å²) in [5.41, 5.74) is 0. The summed E-state index contributed by atoms with van der Waals surface area (Å²) >= 11 is 0. The minimum Gasteiger partial charge on any atom is -0.462 e. The van der Waals surface area contributed by atoms with Gasteiger partial charge in [-0.2, -0.15) is 0 Å². The molecule has 1 aliphatic heterocycles. The van der Waals surface area contributed by atoms with Crippen LogP contribution in [0, 0.1) is 0 Å². The van der Waals surface area contributed by atoms with E-state index in [1.54, 1.807) is 0 Å². The van der Waals surface area contributed by atoms with Crippen LogP contribution in [-0.4, -0.2) is 12.9 Å². The van der Waals surface area contributed by atoms with Crippen LogP contribution in [-0.2, 0) is 4.74 Å². The normalized spacial score (nSPS) is 19.6. The molecule has 0 amide bonds. The lowest BCUT2D eigenvalue weighted by Gasteiger charge is -2.05. The van der Waals surface area contributed by atoms with Crippen molar-refractivity contribution in [1.29, 1.82) is 0 Å². The van der Waals surface area contributed by atoms with Crippen molar-refractivity contribution in [2.75, 3.05) is 6.61 Å². The third-order valence-corrected chi connectivity index (χ3v) is 2.31. The smallest absolute Gasteiger partial charge is 0.223 e. The van der Waals surface area contributed by atoms with E-state index in [0.717, 1.165) is 11.1 Å². The second-order valence-corrected chi connectivity index (χ2v) is 3.36. The van der Waals surface area contributed by atoms with Crippen LogP contribution in [0.1, 0.15) is 0 Å². The first-order chi connectivity index (χ1) is 6.93. The van der Waals surface area contributed by atoms with Crippen LogP contribution < -0.4 is 4.74 Å². The van der Waals surface area contributed by atoms with E-state index in [-0.39, 0.29) is 6.29 Å². The van der Waals surface area contributed by atoms with Gasteiger partial charge in [-0.3, -0.25) is 0 Å². The zero-order valence-corrected chi connectivity index (χ0v) is 7.64. The van der Waals surface area contributed by atoms with E-state index in [0.29, 0.717) is 6.61 Å². The first-order valence-corrected chi connectivity index (χ1v) is 4.69. The molecule has 14 heavy (non-hydrogen) atoms. The number of benzene rings is 2. The summed E-state index contributed by atoms with van der Waals surface area (Å²) in [4.78, 5) is 0. The molecule has 0 radical (unpaired) electrons. The van der Waals surface area contributed by atoms with Crippen molar-refractivity contribution in [2.24, 2.45) is 0 Å². The Labute approximate surface area is 82.1 Å². The Kier molecular flexibility index (Phi) is 1.67. The molecule has 0 N–H and O–H groups in total. The van der Waals surface area contributed by atoms with Crippen molar-refractivity contribution in [2.45, 2.75) is 6.29 Å². The Morgan fingerprint density at radius 1 is 1.07 bits per heavy atom. The lowest BCUT2D eigenvalue weighted by Crippen LogP contribution is -1.97. The molecule has 2 heteroatoms. The summed E-state index contributed by atoms with van der Waals surface area (Å²) in [6.45, 7) is 0.712. The largest absolute Gasteiger partial charge is 0.462 e. The average Bonchev–Trinajstić information content (AvgIpc) is 3.03. The minimum atomic E-state index is -0.0270. The van der Waals surface area contributed by atoms with E-state index >= 15 is 0 Å². The predicted molar refractivity (Wildman–Crippen MR) is 54.3 cm³/mol. The van der Waals surface area contributed by atoms with Gasteiger partial charge in [0.25, 0.3) is 0 Å². The van der Waals surface area contributed by atoms with Crippen LogP contribution in [0.3, 0.4) is 0 Å². The van der Waals surface area contributed by atoms with Gasteiger partial charge in [0.05, 0.1) is 0 Å². The fourth-order valence-electron chi connectivity index (χ4n) is 1.55. The van der Waals surface area contributed by atoms with E-state index < -0.39 is 0 Å². The van der Waals surface area contributed by atoms with Gasteiger partial charge < -0.3 is 9.47 Å². The van der Waals surface area contributed by atoms with Gasteiger partial charge in [-0.25, -0.2) is 0 Å². The van der Waals surface area contributed by atoms with Crippen molar-refractivity contribution in [3.8, 4) is 5.75 Å².